The zero-order chi connectivity index (χ0) is 22.4. The van der Waals surface area contributed by atoms with Crippen molar-refractivity contribution in [2.45, 2.75) is 13.0 Å². The minimum atomic E-state index is -1.24. The molecule has 0 aliphatic carbocycles. The van der Waals surface area contributed by atoms with Crippen LogP contribution in [0.15, 0.2) is 54.7 Å². The van der Waals surface area contributed by atoms with Crippen molar-refractivity contribution >= 4 is 29.2 Å². The number of urea groups is 1. The predicted molar refractivity (Wildman–Crippen MR) is 111 cm³/mol. The normalized spacial score (nSPS) is 11.6. The lowest BCUT2D eigenvalue weighted by atomic mass is 10.2. The summed E-state index contributed by atoms with van der Waals surface area (Å²) in [6.45, 7) is 2.26. The van der Waals surface area contributed by atoms with Gasteiger partial charge >= 0.3 is 6.03 Å². The highest BCUT2D eigenvalue weighted by Crippen LogP contribution is 2.27. The molecule has 2 aromatic carbocycles. The summed E-state index contributed by atoms with van der Waals surface area (Å²) in [6, 6.07) is 9.80. The van der Waals surface area contributed by atoms with Gasteiger partial charge in [-0.15, -0.1) is 0 Å². The molecule has 31 heavy (non-hydrogen) atoms. The molecule has 2 N–H and O–H groups in total. The van der Waals surface area contributed by atoms with E-state index in [4.69, 9.17) is 4.74 Å². The molecule has 3 aromatic rings. The van der Waals surface area contributed by atoms with Crippen LogP contribution in [0.25, 0.3) is 0 Å². The van der Waals surface area contributed by atoms with Crippen LogP contribution in [-0.2, 0) is 4.74 Å². The standard InChI is InChI=1S/C21H20F3N5O2/c1-13(12-31-2)26-20-25-9-8-18(27-20)29(15-6-4-3-5-7-15)21(30)28-19-16(23)10-14(22)11-17(19)24/h3-11,13H,12H2,1-2H3,(H,28,30)(H,25,26,27). The Bertz CT molecular complexity index is 1030. The maximum atomic E-state index is 14.1. The van der Waals surface area contributed by atoms with Crippen LogP contribution in [0, 0.1) is 17.5 Å². The molecule has 1 heterocycles. The first kappa shape index (κ1) is 22.0. The molecule has 7 nitrogen and oxygen atoms in total. The first-order valence-electron chi connectivity index (χ1n) is 9.28. The van der Waals surface area contributed by atoms with E-state index in [2.05, 4.69) is 20.6 Å². The Hall–Kier alpha value is -3.66. The quantitative estimate of drug-likeness (QED) is 0.566. The number of ether oxygens (including phenoxy) is 1. The van der Waals surface area contributed by atoms with E-state index >= 15 is 0 Å². The summed E-state index contributed by atoms with van der Waals surface area (Å²) in [5.74, 6) is -3.19. The maximum absolute atomic E-state index is 14.1. The van der Waals surface area contributed by atoms with Crippen LogP contribution < -0.4 is 15.5 Å². The van der Waals surface area contributed by atoms with E-state index in [1.807, 2.05) is 6.92 Å². The summed E-state index contributed by atoms with van der Waals surface area (Å²) in [6.07, 6.45) is 1.44. The van der Waals surface area contributed by atoms with Gasteiger partial charge in [0, 0.05) is 37.5 Å². The zero-order valence-electron chi connectivity index (χ0n) is 16.8. The van der Waals surface area contributed by atoms with E-state index in [0.717, 1.165) is 4.90 Å². The number of para-hydroxylation sites is 1. The fraction of sp³-hybridized carbons (Fsp3) is 0.190. The number of rotatable bonds is 7. The summed E-state index contributed by atoms with van der Waals surface area (Å²) < 4.78 is 46.4. The number of aromatic nitrogens is 2. The van der Waals surface area contributed by atoms with Gasteiger partial charge < -0.3 is 15.4 Å². The maximum Gasteiger partial charge on any atom is 0.332 e. The fourth-order valence-electron chi connectivity index (χ4n) is 2.81. The number of nitrogens with zero attached hydrogens (tertiary/aromatic N) is 3. The Morgan fingerprint density at radius 1 is 1.13 bits per heavy atom. The number of amides is 2. The lowest BCUT2D eigenvalue weighted by Crippen LogP contribution is -2.32. The lowest BCUT2D eigenvalue weighted by Gasteiger charge is -2.23. The first-order chi connectivity index (χ1) is 14.9. The average Bonchev–Trinajstić information content (AvgIpc) is 2.72. The van der Waals surface area contributed by atoms with Gasteiger partial charge in [0.1, 0.15) is 17.3 Å². The van der Waals surface area contributed by atoms with Gasteiger partial charge in [0.2, 0.25) is 5.95 Å². The van der Waals surface area contributed by atoms with Gasteiger partial charge in [0.05, 0.1) is 12.3 Å². The second kappa shape index (κ2) is 9.90. The van der Waals surface area contributed by atoms with E-state index < -0.39 is 29.2 Å². The summed E-state index contributed by atoms with van der Waals surface area (Å²) >= 11 is 0. The predicted octanol–water partition coefficient (Wildman–Crippen LogP) is 4.71. The monoisotopic (exact) mass is 431 g/mol. The molecule has 0 aliphatic heterocycles. The molecule has 10 heteroatoms. The molecule has 0 bridgehead atoms. The van der Waals surface area contributed by atoms with Crippen LogP contribution in [0.5, 0.6) is 0 Å². The largest absolute Gasteiger partial charge is 0.383 e. The van der Waals surface area contributed by atoms with E-state index in [9.17, 15) is 18.0 Å². The van der Waals surface area contributed by atoms with Crippen LogP contribution in [0.4, 0.5) is 41.1 Å². The third-order valence-electron chi connectivity index (χ3n) is 4.12. The molecule has 0 radical (unpaired) electrons. The molecule has 1 unspecified atom stereocenters. The van der Waals surface area contributed by atoms with Crippen LogP contribution >= 0.6 is 0 Å². The molecule has 0 aliphatic rings. The third kappa shape index (κ3) is 5.48. The second-order valence-electron chi connectivity index (χ2n) is 6.58. The van der Waals surface area contributed by atoms with Crippen molar-refractivity contribution in [1.29, 1.82) is 0 Å². The fourth-order valence-corrected chi connectivity index (χ4v) is 2.81. The molecular formula is C21H20F3N5O2. The van der Waals surface area contributed by atoms with Gasteiger partial charge in [0.15, 0.2) is 11.6 Å². The van der Waals surface area contributed by atoms with Crippen molar-refractivity contribution < 1.29 is 22.7 Å². The highest BCUT2D eigenvalue weighted by molar-refractivity contribution is 6.06. The summed E-state index contributed by atoms with van der Waals surface area (Å²) in [5.41, 5.74) is -0.383. The van der Waals surface area contributed by atoms with Crippen molar-refractivity contribution in [2.75, 3.05) is 29.3 Å². The second-order valence-corrected chi connectivity index (χ2v) is 6.58. The summed E-state index contributed by atoms with van der Waals surface area (Å²) in [7, 11) is 1.56. The Morgan fingerprint density at radius 2 is 1.81 bits per heavy atom. The Labute approximate surface area is 176 Å². The van der Waals surface area contributed by atoms with Crippen LogP contribution in [0.2, 0.25) is 0 Å². The first-order valence-corrected chi connectivity index (χ1v) is 9.28. The molecule has 0 saturated carbocycles. The molecule has 1 aromatic heterocycles. The van der Waals surface area contributed by atoms with Gasteiger partial charge in [-0.25, -0.2) is 27.8 Å². The van der Waals surface area contributed by atoms with Crippen molar-refractivity contribution in [2.24, 2.45) is 0 Å². The highest BCUT2D eigenvalue weighted by Gasteiger charge is 2.23. The van der Waals surface area contributed by atoms with Crippen molar-refractivity contribution in [3.8, 4) is 0 Å². The third-order valence-corrected chi connectivity index (χ3v) is 4.12. The lowest BCUT2D eigenvalue weighted by molar-refractivity contribution is 0.190. The van der Waals surface area contributed by atoms with E-state index in [-0.39, 0.29) is 17.8 Å². The van der Waals surface area contributed by atoms with E-state index in [1.165, 1.54) is 12.3 Å². The molecule has 0 saturated heterocycles. The van der Waals surface area contributed by atoms with Gasteiger partial charge in [-0.05, 0) is 19.1 Å². The zero-order valence-corrected chi connectivity index (χ0v) is 16.8. The molecule has 3 rings (SSSR count). The number of anilines is 4. The number of benzene rings is 2. The van der Waals surface area contributed by atoms with Gasteiger partial charge in [-0.1, -0.05) is 18.2 Å². The van der Waals surface area contributed by atoms with Crippen molar-refractivity contribution in [1.82, 2.24) is 9.97 Å². The number of hydrogen-bond acceptors (Lipinski definition) is 5. The van der Waals surface area contributed by atoms with E-state index in [1.54, 1.807) is 37.4 Å². The highest BCUT2D eigenvalue weighted by atomic mass is 19.1. The number of hydrogen-bond donors (Lipinski definition) is 2. The number of nitrogens with one attached hydrogen (secondary N) is 2. The summed E-state index contributed by atoms with van der Waals surface area (Å²) in [4.78, 5) is 22.6. The van der Waals surface area contributed by atoms with Crippen LogP contribution in [0.1, 0.15) is 6.92 Å². The van der Waals surface area contributed by atoms with Crippen molar-refractivity contribution in [3.63, 3.8) is 0 Å². The Balaban J connectivity index is 1.96. The number of methoxy groups -OCH3 is 1. The molecule has 1 atom stereocenters. The molecular weight excluding hydrogens is 411 g/mol. The topological polar surface area (TPSA) is 79.4 Å². The van der Waals surface area contributed by atoms with Crippen LogP contribution in [0.3, 0.4) is 0 Å². The Morgan fingerprint density at radius 3 is 2.45 bits per heavy atom. The summed E-state index contributed by atoms with van der Waals surface area (Å²) in [5, 5.41) is 5.19. The molecule has 0 spiro atoms. The van der Waals surface area contributed by atoms with Gasteiger partial charge in [0.25, 0.3) is 0 Å². The average molecular weight is 431 g/mol. The minimum absolute atomic E-state index is 0.110. The molecule has 162 valence electrons. The smallest absolute Gasteiger partial charge is 0.332 e. The molecule has 2 amide bonds. The SMILES string of the molecule is COCC(C)Nc1nccc(N(C(=O)Nc2c(F)cc(F)cc2F)c2ccccc2)n1. The number of carbonyl (C=O) groups is 1. The van der Waals surface area contributed by atoms with Gasteiger partial charge in [-0.2, -0.15) is 4.98 Å². The molecule has 0 fully saturated rings. The van der Waals surface area contributed by atoms with Crippen molar-refractivity contribution in [3.05, 3.63) is 72.2 Å². The van der Waals surface area contributed by atoms with E-state index in [0.29, 0.717) is 24.4 Å². The van der Waals surface area contributed by atoms with Gasteiger partial charge in [-0.3, -0.25) is 0 Å². The minimum Gasteiger partial charge on any atom is -0.383 e. The van der Waals surface area contributed by atoms with Crippen LogP contribution in [-0.4, -0.2) is 35.8 Å². The number of halogens is 3. The Kier molecular flexibility index (Phi) is 7.03. The number of carbonyl (C=O) groups excluding carboxylic acids is 1.